The zero-order chi connectivity index (χ0) is 24.0. The molecule has 0 spiro atoms. The summed E-state index contributed by atoms with van der Waals surface area (Å²) in [6.45, 7) is -0.334. The SMILES string of the molecule is O=C(O)OC1c2c(sc3ccccc23)C(O)CN1S(=O)(=O)c1ccc(-c2ccc(Cl)cc2)cc1. The fourth-order valence-corrected chi connectivity index (χ4v) is 6.93. The van der Waals surface area contributed by atoms with Gasteiger partial charge in [0.25, 0.3) is 0 Å². The van der Waals surface area contributed by atoms with Gasteiger partial charge in [0.2, 0.25) is 10.0 Å². The number of hydrogen-bond acceptors (Lipinski definition) is 6. The molecule has 174 valence electrons. The molecule has 1 aromatic heterocycles. The highest BCUT2D eigenvalue weighted by molar-refractivity contribution is 7.89. The van der Waals surface area contributed by atoms with E-state index in [0.717, 1.165) is 20.1 Å². The number of hydrogen-bond donors (Lipinski definition) is 2. The number of carboxylic acid groups (broad SMARTS) is 1. The predicted molar refractivity (Wildman–Crippen MR) is 129 cm³/mol. The molecule has 4 aromatic rings. The minimum atomic E-state index is -4.22. The first-order valence-corrected chi connectivity index (χ1v) is 12.9. The van der Waals surface area contributed by atoms with Gasteiger partial charge in [-0.25, -0.2) is 13.2 Å². The first kappa shape index (κ1) is 22.8. The van der Waals surface area contributed by atoms with Gasteiger partial charge in [0, 0.05) is 32.1 Å². The Bertz CT molecular complexity index is 1480. The number of fused-ring (bicyclic) bond motifs is 3. The third-order valence-corrected chi connectivity index (χ3v) is 9.04. The topological polar surface area (TPSA) is 104 Å². The number of thiophene rings is 1. The van der Waals surface area contributed by atoms with Crippen LogP contribution in [0.3, 0.4) is 0 Å². The van der Waals surface area contributed by atoms with Crippen molar-refractivity contribution in [1.29, 1.82) is 0 Å². The summed E-state index contributed by atoms with van der Waals surface area (Å²) in [5.74, 6) is 0. The maximum absolute atomic E-state index is 13.6. The summed E-state index contributed by atoms with van der Waals surface area (Å²) < 4.78 is 34.0. The number of aliphatic hydroxyl groups excluding tert-OH is 1. The lowest BCUT2D eigenvalue weighted by atomic mass is 10.0. The summed E-state index contributed by atoms with van der Waals surface area (Å²) in [5.41, 5.74) is 2.00. The number of rotatable bonds is 4. The van der Waals surface area contributed by atoms with E-state index >= 15 is 0 Å². The fourth-order valence-electron chi connectivity index (χ4n) is 4.11. The van der Waals surface area contributed by atoms with Gasteiger partial charge in [0.1, 0.15) is 6.10 Å². The smallest absolute Gasteiger partial charge is 0.450 e. The van der Waals surface area contributed by atoms with E-state index in [1.165, 1.54) is 23.5 Å². The molecule has 0 saturated heterocycles. The van der Waals surface area contributed by atoms with Gasteiger partial charge >= 0.3 is 6.16 Å². The quantitative estimate of drug-likeness (QED) is 0.340. The molecule has 0 amide bonds. The van der Waals surface area contributed by atoms with Crippen molar-refractivity contribution in [2.24, 2.45) is 0 Å². The Balaban J connectivity index is 1.57. The molecule has 0 radical (unpaired) electrons. The van der Waals surface area contributed by atoms with Gasteiger partial charge in [-0.1, -0.05) is 54.1 Å². The molecule has 2 atom stereocenters. The molecular weight excluding hydrogens is 498 g/mol. The largest absolute Gasteiger partial charge is 0.507 e. The maximum Gasteiger partial charge on any atom is 0.507 e. The first-order chi connectivity index (χ1) is 16.3. The lowest BCUT2D eigenvalue weighted by Gasteiger charge is -2.35. The second kappa shape index (κ2) is 8.68. The Morgan fingerprint density at radius 3 is 2.26 bits per heavy atom. The van der Waals surface area contributed by atoms with E-state index in [4.69, 9.17) is 16.3 Å². The van der Waals surface area contributed by atoms with Crippen LogP contribution in [0.15, 0.2) is 77.7 Å². The van der Waals surface area contributed by atoms with Crippen molar-refractivity contribution in [2.75, 3.05) is 6.54 Å². The van der Waals surface area contributed by atoms with Gasteiger partial charge in [0.05, 0.1) is 4.90 Å². The van der Waals surface area contributed by atoms with Crippen molar-refractivity contribution < 1.29 is 28.2 Å². The Kier molecular flexibility index (Phi) is 5.83. The van der Waals surface area contributed by atoms with Gasteiger partial charge in [-0.2, -0.15) is 4.31 Å². The minimum Gasteiger partial charge on any atom is -0.450 e. The predicted octanol–water partition coefficient (Wildman–Crippen LogP) is 5.65. The molecule has 2 heterocycles. The average Bonchev–Trinajstić information content (AvgIpc) is 3.22. The Morgan fingerprint density at radius 2 is 1.62 bits per heavy atom. The monoisotopic (exact) mass is 515 g/mol. The number of benzene rings is 3. The third-order valence-electron chi connectivity index (χ3n) is 5.68. The van der Waals surface area contributed by atoms with Crippen LogP contribution in [-0.2, 0) is 14.8 Å². The summed E-state index contributed by atoms with van der Waals surface area (Å²) in [6, 6.07) is 20.5. The van der Waals surface area contributed by atoms with Crippen molar-refractivity contribution >= 4 is 49.2 Å². The second-order valence-corrected chi connectivity index (χ2v) is 11.1. The van der Waals surface area contributed by atoms with Crippen LogP contribution in [0.4, 0.5) is 4.79 Å². The van der Waals surface area contributed by atoms with Crippen LogP contribution in [0.5, 0.6) is 0 Å². The number of ether oxygens (including phenoxy) is 1. The number of nitrogens with zero attached hydrogens (tertiary/aromatic N) is 1. The van der Waals surface area contributed by atoms with Crippen molar-refractivity contribution in [3.05, 3.63) is 88.3 Å². The van der Waals surface area contributed by atoms with Crippen molar-refractivity contribution in [1.82, 2.24) is 4.31 Å². The standard InChI is InChI=1S/C24H18ClNO6S2/c25-16-9-5-14(6-10-16)15-7-11-17(12-8-15)34(30,31)26-13-19(27)22-21(23(26)32-24(28)29)18-3-1-2-4-20(18)33-22/h1-12,19,23,27H,13H2,(H,28,29). The number of aliphatic hydroxyl groups is 1. The molecule has 7 nitrogen and oxygen atoms in total. The molecule has 0 saturated carbocycles. The minimum absolute atomic E-state index is 0.0422. The van der Waals surface area contributed by atoms with Crippen LogP contribution < -0.4 is 0 Å². The number of sulfonamides is 1. The maximum atomic E-state index is 13.6. The average molecular weight is 516 g/mol. The second-order valence-electron chi connectivity index (χ2n) is 7.73. The normalized spacial score (nSPS) is 18.5. The highest BCUT2D eigenvalue weighted by atomic mass is 35.5. The summed E-state index contributed by atoms with van der Waals surface area (Å²) in [5, 5.41) is 21.4. The molecular formula is C24H18ClNO6S2. The van der Waals surface area contributed by atoms with Crippen molar-refractivity contribution in [2.45, 2.75) is 17.2 Å². The van der Waals surface area contributed by atoms with E-state index in [2.05, 4.69) is 0 Å². The van der Waals surface area contributed by atoms with Crippen LogP contribution in [0.2, 0.25) is 5.02 Å². The molecule has 1 aliphatic heterocycles. The highest BCUT2D eigenvalue weighted by Gasteiger charge is 2.44. The van der Waals surface area contributed by atoms with Gasteiger partial charge < -0.3 is 14.9 Å². The Labute approximate surface area is 204 Å². The van der Waals surface area contributed by atoms with Crippen LogP contribution in [-0.4, -0.2) is 35.6 Å². The van der Waals surface area contributed by atoms with Crippen LogP contribution in [0, 0.1) is 0 Å². The summed E-state index contributed by atoms with van der Waals surface area (Å²) in [7, 11) is -4.22. The van der Waals surface area contributed by atoms with E-state index in [-0.39, 0.29) is 11.4 Å². The van der Waals surface area contributed by atoms with E-state index in [1.54, 1.807) is 36.4 Å². The third kappa shape index (κ3) is 3.95. The zero-order valence-electron chi connectivity index (χ0n) is 17.5. The lowest BCUT2D eigenvalue weighted by molar-refractivity contribution is -0.0247. The highest BCUT2D eigenvalue weighted by Crippen LogP contribution is 2.47. The Morgan fingerprint density at radius 1 is 1.00 bits per heavy atom. The molecule has 0 fully saturated rings. The molecule has 0 aliphatic carbocycles. The molecule has 2 unspecified atom stereocenters. The number of halogens is 1. The van der Waals surface area contributed by atoms with Crippen molar-refractivity contribution in [3.63, 3.8) is 0 Å². The number of carbonyl (C=O) groups is 1. The zero-order valence-corrected chi connectivity index (χ0v) is 19.8. The molecule has 2 N–H and O–H groups in total. The molecule has 3 aromatic carbocycles. The van der Waals surface area contributed by atoms with Crippen molar-refractivity contribution in [3.8, 4) is 11.1 Å². The molecule has 10 heteroatoms. The van der Waals surface area contributed by atoms with E-state index in [9.17, 15) is 23.4 Å². The first-order valence-electron chi connectivity index (χ1n) is 10.2. The van der Waals surface area contributed by atoms with Gasteiger partial charge in [-0.3, -0.25) is 0 Å². The summed E-state index contributed by atoms with van der Waals surface area (Å²) in [4.78, 5) is 12.0. The van der Waals surface area contributed by atoms with E-state index in [1.807, 2.05) is 24.3 Å². The van der Waals surface area contributed by atoms with Gasteiger partial charge in [-0.15, -0.1) is 11.3 Å². The van der Waals surface area contributed by atoms with E-state index < -0.39 is 28.5 Å². The van der Waals surface area contributed by atoms with Gasteiger partial charge in [-0.05, 0) is 41.5 Å². The van der Waals surface area contributed by atoms with Gasteiger partial charge in [0.15, 0.2) is 6.23 Å². The van der Waals surface area contributed by atoms with E-state index in [0.29, 0.717) is 20.8 Å². The number of β-amino-alcohol motifs (C(OH)–C–C–N with tert-alkyl or cyclic N) is 1. The van der Waals surface area contributed by atoms with Crippen LogP contribution in [0.1, 0.15) is 22.8 Å². The fraction of sp³-hybridized carbons (Fsp3) is 0.125. The lowest BCUT2D eigenvalue weighted by Crippen LogP contribution is -2.43. The molecule has 5 rings (SSSR count). The van der Waals surface area contributed by atoms with Crippen LogP contribution >= 0.6 is 22.9 Å². The molecule has 1 aliphatic rings. The van der Waals surface area contributed by atoms with Crippen LogP contribution in [0.25, 0.3) is 21.2 Å². The molecule has 34 heavy (non-hydrogen) atoms. The summed E-state index contributed by atoms with van der Waals surface area (Å²) in [6.07, 6.45) is -4.15. The molecule has 0 bridgehead atoms. The Hall–Kier alpha value is -2.95. The summed E-state index contributed by atoms with van der Waals surface area (Å²) >= 11 is 7.23.